The van der Waals surface area contributed by atoms with E-state index in [1.54, 1.807) is 12.1 Å². The number of aliphatic hydroxyl groups is 1. The first kappa shape index (κ1) is 31.5. The van der Waals surface area contributed by atoms with Crippen LogP contribution < -0.4 is 10.1 Å². The highest BCUT2D eigenvalue weighted by atomic mass is 79.9. The molecule has 2 N–H and O–H groups in total. The first-order valence-corrected chi connectivity index (χ1v) is 15.4. The lowest BCUT2D eigenvalue weighted by molar-refractivity contribution is -0.129. The number of carbonyl (C=O) groups is 1. The lowest BCUT2D eigenvalue weighted by atomic mass is 9.81. The number of amides is 1. The van der Waals surface area contributed by atoms with E-state index in [0.29, 0.717) is 67.8 Å². The van der Waals surface area contributed by atoms with Crippen LogP contribution in [-0.4, -0.2) is 80.0 Å². The molecule has 3 aromatic rings. The Bertz CT molecular complexity index is 1510. The van der Waals surface area contributed by atoms with Gasteiger partial charge in [-0.1, -0.05) is 63.5 Å². The molecular formula is C32H35BrN6O5. The monoisotopic (exact) mass is 662 g/mol. The number of hydrogen-bond acceptors (Lipinski definition) is 8. The molecule has 230 valence electrons. The number of ether oxygens (including phenoxy) is 3. The van der Waals surface area contributed by atoms with Crippen LogP contribution in [0.15, 0.2) is 87.4 Å². The Morgan fingerprint density at radius 3 is 2.64 bits per heavy atom. The van der Waals surface area contributed by atoms with Crippen molar-refractivity contribution in [2.45, 2.75) is 24.5 Å². The molecule has 3 aromatic carbocycles. The number of benzene rings is 3. The van der Waals surface area contributed by atoms with E-state index in [1.807, 2.05) is 60.7 Å². The molecule has 0 spiro atoms. The topological polar surface area (TPSA) is 141 Å². The molecule has 1 amide bonds. The second-order valence-corrected chi connectivity index (χ2v) is 11.4. The first-order valence-electron chi connectivity index (χ1n) is 14.6. The van der Waals surface area contributed by atoms with Crippen LogP contribution in [-0.2, 0) is 20.7 Å². The molecule has 12 heteroatoms. The zero-order valence-corrected chi connectivity index (χ0v) is 25.9. The zero-order valence-electron chi connectivity index (χ0n) is 24.3. The van der Waals surface area contributed by atoms with Gasteiger partial charge in [-0.05, 0) is 41.4 Å². The summed E-state index contributed by atoms with van der Waals surface area (Å²) in [7, 11) is 0. The molecule has 1 fully saturated rings. The van der Waals surface area contributed by atoms with Crippen molar-refractivity contribution in [1.82, 2.24) is 10.2 Å². The fourth-order valence-electron chi connectivity index (χ4n) is 5.35. The van der Waals surface area contributed by atoms with Crippen molar-refractivity contribution in [2.24, 2.45) is 10.1 Å². The number of halogens is 1. The minimum atomic E-state index is -1.43. The third kappa shape index (κ3) is 7.40. The normalized spacial score (nSPS) is 19.9. The van der Waals surface area contributed by atoms with Crippen molar-refractivity contribution in [3.05, 3.63) is 104 Å². The molecule has 44 heavy (non-hydrogen) atoms. The number of azide groups is 1. The lowest BCUT2D eigenvalue weighted by Gasteiger charge is -2.32. The van der Waals surface area contributed by atoms with Crippen molar-refractivity contribution >= 4 is 33.4 Å². The summed E-state index contributed by atoms with van der Waals surface area (Å²) < 4.78 is 18.6. The molecule has 0 bridgehead atoms. The van der Waals surface area contributed by atoms with Gasteiger partial charge in [0, 0.05) is 71.8 Å². The minimum Gasteiger partial charge on any atom is -0.494 e. The van der Waals surface area contributed by atoms with Gasteiger partial charge in [-0.3, -0.25) is 9.69 Å². The van der Waals surface area contributed by atoms with Gasteiger partial charge < -0.3 is 24.6 Å². The Kier molecular flexibility index (Phi) is 10.9. The Balaban J connectivity index is 1.54. The van der Waals surface area contributed by atoms with Gasteiger partial charge in [0.05, 0.1) is 19.8 Å². The average Bonchev–Trinajstić information content (AvgIpc) is 3.43. The van der Waals surface area contributed by atoms with Crippen molar-refractivity contribution in [3.8, 4) is 5.75 Å². The van der Waals surface area contributed by atoms with Crippen molar-refractivity contribution in [1.29, 1.82) is 0 Å². The number of hydrogen-bond donors (Lipinski definition) is 2. The van der Waals surface area contributed by atoms with E-state index in [-0.39, 0.29) is 18.9 Å². The van der Waals surface area contributed by atoms with Crippen molar-refractivity contribution in [3.63, 3.8) is 0 Å². The number of carbonyl (C=O) groups excluding carboxylic acids is 1. The maximum atomic E-state index is 14.5. The third-order valence-electron chi connectivity index (χ3n) is 7.64. The molecule has 11 nitrogen and oxygen atoms in total. The number of aliphatic hydroxyl groups excluding tert-OH is 1. The summed E-state index contributed by atoms with van der Waals surface area (Å²) in [6, 6.07) is 22.1. The summed E-state index contributed by atoms with van der Waals surface area (Å²) in [6.07, 6.45) is -0.133. The summed E-state index contributed by atoms with van der Waals surface area (Å²) >= 11 is 3.67. The summed E-state index contributed by atoms with van der Waals surface area (Å²) in [5.41, 5.74) is 10.4. The zero-order chi connectivity index (χ0) is 30.8. The third-order valence-corrected chi connectivity index (χ3v) is 8.36. The van der Waals surface area contributed by atoms with E-state index in [9.17, 15) is 10.3 Å². The fourth-order valence-corrected chi connectivity index (χ4v) is 5.84. The van der Waals surface area contributed by atoms with Crippen molar-refractivity contribution < 1.29 is 24.1 Å². The SMILES string of the molecule is [N-]=[N+]=Nc1ccccc1C[C@@]1(C(=O)NCCN2CCOCC2)N=C(c2ccc(OCCCO)cc2)O[C@@H]1c1ccccc1Br. The second kappa shape index (κ2) is 15.2. The predicted octanol–water partition coefficient (Wildman–Crippen LogP) is 5.10. The molecule has 0 aromatic heterocycles. The van der Waals surface area contributed by atoms with Gasteiger partial charge in [0.25, 0.3) is 5.91 Å². The average molecular weight is 664 g/mol. The van der Waals surface area contributed by atoms with E-state index >= 15 is 0 Å². The van der Waals surface area contributed by atoms with Gasteiger partial charge in [0.2, 0.25) is 5.90 Å². The largest absolute Gasteiger partial charge is 0.494 e. The summed E-state index contributed by atoms with van der Waals surface area (Å²) in [6.45, 7) is 4.52. The van der Waals surface area contributed by atoms with Crippen LogP contribution in [0.25, 0.3) is 10.4 Å². The summed E-state index contributed by atoms with van der Waals surface area (Å²) in [5.74, 6) is 0.678. The van der Waals surface area contributed by atoms with E-state index in [0.717, 1.165) is 23.1 Å². The smallest absolute Gasteiger partial charge is 0.252 e. The molecule has 2 heterocycles. The molecule has 0 aliphatic carbocycles. The van der Waals surface area contributed by atoms with Gasteiger partial charge in [0.1, 0.15) is 5.75 Å². The predicted molar refractivity (Wildman–Crippen MR) is 170 cm³/mol. The highest BCUT2D eigenvalue weighted by Crippen LogP contribution is 2.45. The van der Waals surface area contributed by atoms with Crippen LogP contribution in [0.4, 0.5) is 5.69 Å². The molecule has 2 aliphatic rings. The summed E-state index contributed by atoms with van der Waals surface area (Å²) in [5, 5.41) is 16.1. The maximum Gasteiger partial charge on any atom is 0.252 e. The molecule has 0 unspecified atom stereocenters. The van der Waals surface area contributed by atoms with E-state index in [1.165, 1.54) is 0 Å². The van der Waals surface area contributed by atoms with Gasteiger partial charge in [0.15, 0.2) is 11.6 Å². The first-order chi connectivity index (χ1) is 21.5. The molecule has 2 atom stereocenters. The maximum absolute atomic E-state index is 14.5. The number of nitrogens with one attached hydrogen (secondary N) is 1. The van der Waals surface area contributed by atoms with E-state index in [2.05, 4.69) is 36.2 Å². The Hall–Kier alpha value is -3.93. The number of nitrogens with zero attached hydrogens (tertiary/aromatic N) is 5. The summed E-state index contributed by atoms with van der Waals surface area (Å²) in [4.78, 5) is 24.8. The number of rotatable bonds is 13. The van der Waals surface area contributed by atoms with Crippen LogP contribution in [0, 0.1) is 0 Å². The van der Waals surface area contributed by atoms with E-state index in [4.69, 9.17) is 24.3 Å². The van der Waals surface area contributed by atoms with Gasteiger partial charge in [-0.15, -0.1) is 0 Å². The van der Waals surface area contributed by atoms with E-state index < -0.39 is 11.6 Å². The fraction of sp³-hybridized carbons (Fsp3) is 0.375. The lowest BCUT2D eigenvalue weighted by Crippen LogP contribution is -2.51. The molecule has 0 radical (unpaired) electrons. The number of morpholine rings is 1. The van der Waals surface area contributed by atoms with Crippen LogP contribution in [0.2, 0.25) is 0 Å². The highest BCUT2D eigenvalue weighted by Gasteiger charge is 2.54. The highest BCUT2D eigenvalue weighted by molar-refractivity contribution is 9.10. The van der Waals surface area contributed by atoms with Gasteiger partial charge >= 0.3 is 0 Å². The van der Waals surface area contributed by atoms with Crippen LogP contribution >= 0.6 is 15.9 Å². The molecule has 0 saturated carbocycles. The Labute approximate surface area is 264 Å². The Morgan fingerprint density at radius 2 is 1.89 bits per heavy atom. The van der Waals surface area contributed by atoms with Crippen molar-refractivity contribution in [2.75, 3.05) is 52.6 Å². The molecule has 1 saturated heterocycles. The quantitative estimate of drug-likeness (QED) is 0.113. The molecule has 2 aliphatic heterocycles. The van der Waals surface area contributed by atoms with Crippen LogP contribution in [0.5, 0.6) is 5.75 Å². The van der Waals surface area contributed by atoms with Crippen LogP contribution in [0.3, 0.4) is 0 Å². The standard InChI is InChI=1S/C32H35BrN6O5/c33-27-8-3-2-7-26(27)29-32(22-24-6-1-4-9-28(24)37-38-34,31(41)35-14-15-39-16-20-42-21-17-39)36-30(44-29)23-10-12-25(13-11-23)43-19-5-18-40/h1-4,6-13,29,40H,5,14-22H2,(H,35,41)/t29-,32-/m1/s1. The van der Waals surface area contributed by atoms with Gasteiger partial charge in [-0.2, -0.15) is 0 Å². The molecule has 5 rings (SSSR count). The minimum absolute atomic E-state index is 0.0541. The number of aliphatic imine (C=N–C) groups is 1. The Morgan fingerprint density at radius 1 is 1.14 bits per heavy atom. The molecular weight excluding hydrogens is 628 g/mol. The van der Waals surface area contributed by atoms with Crippen LogP contribution in [0.1, 0.15) is 29.2 Å². The second-order valence-electron chi connectivity index (χ2n) is 10.5. The van der Waals surface area contributed by atoms with Gasteiger partial charge in [-0.25, -0.2) is 4.99 Å².